The van der Waals surface area contributed by atoms with Crippen LogP contribution in [0, 0.1) is 6.92 Å². The highest BCUT2D eigenvalue weighted by Gasteiger charge is 2.33. The first kappa shape index (κ1) is 14.1. The maximum Gasteiger partial charge on any atom is 0.418 e. The maximum absolute atomic E-state index is 12.7. The molecule has 106 valence electrons. The second kappa shape index (κ2) is 5.36. The van der Waals surface area contributed by atoms with Crippen LogP contribution in [0.4, 0.5) is 24.5 Å². The molecule has 0 amide bonds. The van der Waals surface area contributed by atoms with E-state index >= 15 is 0 Å². The van der Waals surface area contributed by atoms with Crippen molar-refractivity contribution in [3.05, 3.63) is 47.5 Å². The number of nitrogens with one attached hydrogen (secondary N) is 1. The predicted molar refractivity (Wildman–Crippen MR) is 70.0 cm³/mol. The molecular weight excluding hydrogens is 269 g/mol. The Labute approximate surface area is 113 Å². The molecular formula is C13H13F3N4. The molecule has 0 aliphatic rings. The number of nitrogens with zero attached hydrogens (tertiary/aromatic N) is 2. The van der Waals surface area contributed by atoms with Gasteiger partial charge < -0.3 is 11.1 Å². The summed E-state index contributed by atoms with van der Waals surface area (Å²) in [5.41, 5.74) is 5.93. The van der Waals surface area contributed by atoms with Gasteiger partial charge in [-0.05, 0) is 25.1 Å². The molecule has 0 saturated carbocycles. The van der Waals surface area contributed by atoms with Gasteiger partial charge >= 0.3 is 6.18 Å². The Morgan fingerprint density at radius 2 is 1.95 bits per heavy atom. The van der Waals surface area contributed by atoms with Gasteiger partial charge in [-0.25, -0.2) is 0 Å². The molecule has 1 aromatic heterocycles. The lowest BCUT2D eigenvalue weighted by Gasteiger charge is -2.12. The first-order valence-electron chi connectivity index (χ1n) is 5.84. The molecule has 0 saturated heterocycles. The number of nitrogens with two attached hydrogens (primary N) is 1. The number of rotatable bonds is 3. The summed E-state index contributed by atoms with van der Waals surface area (Å²) in [6.45, 7) is 2.09. The summed E-state index contributed by atoms with van der Waals surface area (Å²) in [6.07, 6.45) is -1.29. The number of aryl methyl sites for hydroxylation is 1. The molecule has 20 heavy (non-hydrogen) atoms. The standard InChI is InChI=1S/C13H13F3N4/c1-8-5-19-10(6-18-8)7-20-9-2-3-12(17)11(4-9)13(14,15)16/h2-6,20H,7,17H2,1H3. The molecule has 1 heterocycles. The molecule has 0 atom stereocenters. The molecule has 0 aliphatic heterocycles. The van der Waals surface area contributed by atoms with Crippen LogP contribution in [0.2, 0.25) is 0 Å². The third-order valence-corrected chi connectivity index (χ3v) is 2.67. The number of alkyl halides is 3. The van der Waals surface area contributed by atoms with Crippen molar-refractivity contribution in [3.8, 4) is 0 Å². The normalized spacial score (nSPS) is 11.4. The maximum atomic E-state index is 12.7. The van der Waals surface area contributed by atoms with Crippen LogP contribution >= 0.6 is 0 Å². The number of benzene rings is 1. The van der Waals surface area contributed by atoms with Crippen molar-refractivity contribution in [3.63, 3.8) is 0 Å². The van der Waals surface area contributed by atoms with Crippen molar-refractivity contribution in [2.24, 2.45) is 0 Å². The smallest absolute Gasteiger partial charge is 0.398 e. The topological polar surface area (TPSA) is 63.8 Å². The van der Waals surface area contributed by atoms with Crippen LogP contribution in [0.15, 0.2) is 30.6 Å². The van der Waals surface area contributed by atoms with Crippen molar-refractivity contribution in [2.45, 2.75) is 19.6 Å². The van der Waals surface area contributed by atoms with Crippen LogP contribution in [0.25, 0.3) is 0 Å². The first-order valence-corrected chi connectivity index (χ1v) is 5.84. The lowest BCUT2D eigenvalue weighted by Crippen LogP contribution is -2.10. The molecule has 0 bridgehead atoms. The van der Waals surface area contributed by atoms with E-state index in [0.717, 1.165) is 11.8 Å². The van der Waals surface area contributed by atoms with E-state index < -0.39 is 11.7 Å². The first-order chi connectivity index (χ1) is 9.36. The zero-order valence-electron chi connectivity index (χ0n) is 10.7. The molecule has 0 fully saturated rings. The summed E-state index contributed by atoms with van der Waals surface area (Å²) < 4.78 is 38.1. The van der Waals surface area contributed by atoms with Crippen LogP contribution in [0.1, 0.15) is 17.0 Å². The molecule has 2 aromatic rings. The van der Waals surface area contributed by atoms with Gasteiger partial charge in [-0.1, -0.05) is 0 Å². The summed E-state index contributed by atoms with van der Waals surface area (Å²) in [6, 6.07) is 3.70. The van der Waals surface area contributed by atoms with Gasteiger partial charge in [-0.15, -0.1) is 0 Å². The highest BCUT2D eigenvalue weighted by atomic mass is 19.4. The summed E-state index contributed by atoms with van der Waals surface area (Å²) >= 11 is 0. The van der Waals surface area contributed by atoms with E-state index in [1.54, 1.807) is 19.3 Å². The minimum absolute atomic E-state index is 0.286. The molecule has 0 spiro atoms. The Hall–Kier alpha value is -2.31. The van der Waals surface area contributed by atoms with Crippen molar-refractivity contribution in [1.82, 2.24) is 9.97 Å². The van der Waals surface area contributed by atoms with Crippen LogP contribution in [0.5, 0.6) is 0 Å². The van der Waals surface area contributed by atoms with Gasteiger partial charge in [0.05, 0.1) is 29.7 Å². The molecule has 0 aliphatic carbocycles. The lowest BCUT2D eigenvalue weighted by atomic mass is 10.1. The predicted octanol–water partition coefficient (Wildman–Crippen LogP) is 3.00. The van der Waals surface area contributed by atoms with E-state index in [4.69, 9.17) is 5.73 Å². The number of halogens is 3. The van der Waals surface area contributed by atoms with Crippen molar-refractivity contribution < 1.29 is 13.2 Å². The van der Waals surface area contributed by atoms with Gasteiger partial charge in [0, 0.05) is 17.6 Å². The Bertz CT molecular complexity index is 594. The zero-order valence-corrected chi connectivity index (χ0v) is 10.7. The fourth-order valence-electron chi connectivity index (χ4n) is 1.61. The van der Waals surface area contributed by atoms with E-state index in [-0.39, 0.29) is 12.2 Å². The minimum Gasteiger partial charge on any atom is -0.398 e. The van der Waals surface area contributed by atoms with Crippen LogP contribution in [-0.4, -0.2) is 9.97 Å². The average molecular weight is 282 g/mol. The monoisotopic (exact) mass is 282 g/mol. The largest absolute Gasteiger partial charge is 0.418 e. The van der Waals surface area contributed by atoms with Gasteiger partial charge in [0.25, 0.3) is 0 Å². The molecule has 7 heteroatoms. The zero-order chi connectivity index (χ0) is 14.8. The molecule has 2 rings (SSSR count). The summed E-state index contributed by atoms with van der Waals surface area (Å²) in [4.78, 5) is 8.17. The molecule has 0 unspecified atom stereocenters. The van der Waals surface area contributed by atoms with Crippen LogP contribution in [0.3, 0.4) is 0 Å². The number of anilines is 2. The Morgan fingerprint density at radius 1 is 1.20 bits per heavy atom. The molecule has 3 N–H and O–H groups in total. The van der Waals surface area contributed by atoms with Gasteiger partial charge in [0.1, 0.15) is 0 Å². The lowest BCUT2D eigenvalue weighted by molar-refractivity contribution is -0.136. The van der Waals surface area contributed by atoms with Crippen molar-refractivity contribution in [2.75, 3.05) is 11.1 Å². The molecule has 0 radical (unpaired) electrons. The Balaban J connectivity index is 2.12. The van der Waals surface area contributed by atoms with E-state index in [0.29, 0.717) is 11.4 Å². The summed E-state index contributed by atoms with van der Waals surface area (Å²) in [5, 5.41) is 2.86. The van der Waals surface area contributed by atoms with Gasteiger partial charge in [-0.3, -0.25) is 9.97 Å². The number of hydrogen-bond donors (Lipinski definition) is 2. The average Bonchev–Trinajstić information content (AvgIpc) is 2.38. The second-order valence-corrected chi connectivity index (χ2v) is 4.30. The fraction of sp³-hybridized carbons (Fsp3) is 0.231. The third-order valence-electron chi connectivity index (χ3n) is 2.67. The van der Waals surface area contributed by atoms with Crippen molar-refractivity contribution in [1.29, 1.82) is 0 Å². The molecule has 4 nitrogen and oxygen atoms in total. The third kappa shape index (κ3) is 3.37. The Morgan fingerprint density at radius 3 is 2.55 bits per heavy atom. The SMILES string of the molecule is Cc1cnc(CNc2ccc(N)c(C(F)(F)F)c2)cn1. The molecule has 1 aromatic carbocycles. The van der Waals surface area contributed by atoms with Gasteiger partial charge in [0.2, 0.25) is 0 Å². The minimum atomic E-state index is -4.47. The van der Waals surface area contributed by atoms with Crippen LogP contribution < -0.4 is 11.1 Å². The van der Waals surface area contributed by atoms with E-state index in [2.05, 4.69) is 15.3 Å². The quantitative estimate of drug-likeness (QED) is 0.849. The fourth-order valence-corrected chi connectivity index (χ4v) is 1.61. The van der Waals surface area contributed by atoms with E-state index in [9.17, 15) is 13.2 Å². The Kier molecular flexibility index (Phi) is 3.78. The second-order valence-electron chi connectivity index (χ2n) is 4.30. The highest BCUT2D eigenvalue weighted by Crippen LogP contribution is 2.35. The number of aromatic nitrogens is 2. The summed E-state index contributed by atoms with van der Waals surface area (Å²) in [5.74, 6) is 0. The van der Waals surface area contributed by atoms with E-state index in [1.165, 1.54) is 12.1 Å². The summed E-state index contributed by atoms with van der Waals surface area (Å²) in [7, 11) is 0. The number of nitrogen functional groups attached to an aromatic ring is 1. The highest BCUT2D eigenvalue weighted by molar-refractivity contribution is 5.58. The van der Waals surface area contributed by atoms with Gasteiger partial charge in [-0.2, -0.15) is 13.2 Å². The van der Waals surface area contributed by atoms with E-state index in [1.807, 2.05) is 0 Å². The van der Waals surface area contributed by atoms with Crippen molar-refractivity contribution >= 4 is 11.4 Å². The van der Waals surface area contributed by atoms with Gasteiger partial charge in [0.15, 0.2) is 0 Å². The van der Waals surface area contributed by atoms with Crippen LogP contribution in [-0.2, 0) is 12.7 Å². The number of hydrogen-bond acceptors (Lipinski definition) is 4.